The molecule has 0 saturated heterocycles. The van der Waals surface area contributed by atoms with Gasteiger partial charge in [-0.3, -0.25) is 4.79 Å². The maximum absolute atomic E-state index is 11.7. The average Bonchev–Trinajstić information content (AvgIpc) is 2.57. The van der Waals surface area contributed by atoms with Gasteiger partial charge in [-0.1, -0.05) is 40.4 Å². The molecular formula is C20H26Cl2N2O2. The molecule has 0 fully saturated rings. The molecule has 0 aliphatic carbocycles. The molecule has 0 bridgehead atoms. The van der Waals surface area contributed by atoms with Crippen LogP contribution in [0.5, 0.6) is 5.75 Å². The third kappa shape index (κ3) is 10.3. The van der Waals surface area contributed by atoms with Crippen molar-refractivity contribution in [2.24, 2.45) is 5.10 Å². The van der Waals surface area contributed by atoms with Gasteiger partial charge in [-0.05, 0) is 64.3 Å². The van der Waals surface area contributed by atoms with Gasteiger partial charge >= 0.3 is 0 Å². The molecule has 0 radical (unpaired) electrons. The van der Waals surface area contributed by atoms with Crippen molar-refractivity contribution in [3.8, 4) is 5.75 Å². The number of ether oxygens (including phenoxy) is 1. The lowest BCUT2D eigenvalue weighted by atomic mass is 10.1. The van der Waals surface area contributed by atoms with E-state index in [9.17, 15) is 4.79 Å². The normalized spacial score (nSPS) is 11.5. The van der Waals surface area contributed by atoms with Crippen molar-refractivity contribution >= 4 is 35.3 Å². The summed E-state index contributed by atoms with van der Waals surface area (Å²) in [5, 5.41) is 4.94. The molecule has 0 heterocycles. The maximum atomic E-state index is 11.7. The van der Waals surface area contributed by atoms with Gasteiger partial charge in [-0.25, -0.2) is 5.43 Å². The van der Waals surface area contributed by atoms with E-state index in [1.165, 1.54) is 11.1 Å². The zero-order valence-corrected chi connectivity index (χ0v) is 17.0. The lowest BCUT2D eigenvalue weighted by Crippen LogP contribution is -2.17. The Labute approximate surface area is 165 Å². The van der Waals surface area contributed by atoms with Crippen LogP contribution in [-0.4, -0.2) is 18.7 Å². The predicted molar refractivity (Wildman–Crippen MR) is 110 cm³/mol. The first-order valence-electron chi connectivity index (χ1n) is 8.57. The Morgan fingerprint density at radius 1 is 1.23 bits per heavy atom. The minimum absolute atomic E-state index is 0.150. The van der Waals surface area contributed by atoms with E-state index in [0.717, 1.165) is 12.8 Å². The van der Waals surface area contributed by atoms with Crippen molar-refractivity contribution in [2.45, 2.75) is 46.5 Å². The van der Waals surface area contributed by atoms with Crippen LogP contribution in [0.2, 0.25) is 10.0 Å². The second kappa shape index (κ2) is 12.6. The molecule has 1 N–H and O–H groups in total. The summed E-state index contributed by atoms with van der Waals surface area (Å²) in [6.45, 7) is 6.62. The van der Waals surface area contributed by atoms with Crippen LogP contribution < -0.4 is 10.2 Å². The van der Waals surface area contributed by atoms with E-state index in [4.69, 9.17) is 27.9 Å². The molecule has 142 valence electrons. The van der Waals surface area contributed by atoms with Crippen molar-refractivity contribution in [1.29, 1.82) is 0 Å². The van der Waals surface area contributed by atoms with Crippen LogP contribution in [0.4, 0.5) is 0 Å². The van der Waals surface area contributed by atoms with Gasteiger partial charge in [0, 0.05) is 17.7 Å². The average molecular weight is 397 g/mol. The summed E-state index contributed by atoms with van der Waals surface area (Å²) in [6, 6.07) is 5.04. The van der Waals surface area contributed by atoms with Crippen molar-refractivity contribution in [3.63, 3.8) is 0 Å². The van der Waals surface area contributed by atoms with Crippen LogP contribution >= 0.6 is 23.2 Å². The number of benzene rings is 1. The number of nitrogens with zero attached hydrogens (tertiary/aromatic N) is 1. The summed E-state index contributed by atoms with van der Waals surface area (Å²) in [7, 11) is 0. The molecule has 0 aliphatic rings. The molecule has 1 amide bonds. The van der Waals surface area contributed by atoms with Crippen molar-refractivity contribution < 1.29 is 9.53 Å². The zero-order valence-electron chi connectivity index (χ0n) is 15.5. The van der Waals surface area contributed by atoms with E-state index in [2.05, 4.69) is 30.5 Å². The van der Waals surface area contributed by atoms with Gasteiger partial charge in [0.15, 0.2) is 0 Å². The smallest absolute Gasteiger partial charge is 0.240 e. The first-order chi connectivity index (χ1) is 12.4. The number of nitrogens with one attached hydrogen (secondary N) is 1. The Morgan fingerprint density at radius 2 is 2.00 bits per heavy atom. The highest BCUT2D eigenvalue weighted by molar-refractivity contribution is 6.35. The fourth-order valence-electron chi connectivity index (χ4n) is 2.01. The summed E-state index contributed by atoms with van der Waals surface area (Å²) in [6.07, 6.45) is 8.61. The van der Waals surface area contributed by atoms with Gasteiger partial charge in [0.1, 0.15) is 5.75 Å². The molecule has 0 spiro atoms. The summed E-state index contributed by atoms with van der Waals surface area (Å²) in [5.41, 5.74) is 5.04. The molecule has 1 rings (SSSR count). The van der Waals surface area contributed by atoms with Crippen LogP contribution in [0, 0.1) is 0 Å². The largest absolute Gasteiger partial charge is 0.492 e. The molecule has 0 aromatic heterocycles. The number of rotatable bonds is 10. The van der Waals surface area contributed by atoms with Crippen LogP contribution in [-0.2, 0) is 4.79 Å². The molecule has 1 aromatic rings. The summed E-state index contributed by atoms with van der Waals surface area (Å²) in [5.74, 6) is 0.408. The monoisotopic (exact) mass is 396 g/mol. The fourth-order valence-corrected chi connectivity index (χ4v) is 2.47. The predicted octanol–water partition coefficient (Wildman–Crippen LogP) is 5.95. The second-order valence-corrected chi connectivity index (χ2v) is 7.02. The van der Waals surface area contributed by atoms with Gasteiger partial charge in [-0.15, -0.1) is 0 Å². The lowest BCUT2D eigenvalue weighted by molar-refractivity contribution is -0.121. The lowest BCUT2D eigenvalue weighted by Gasteiger charge is -2.07. The molecule has 0 aliphatic heterocycles. The summed E-state index contributed by atoms with van der Waals surface area (Å²) >= 11 is 11.8. The van der Waals surface area contributed by atoms with E-state index in [0.29, 0.717) is 35.2 Å². The van der Waals surface area contributed by atoms with Crippen LogP contribution in [0.3, 0.4) is 0 Å². The van der Waals surface area contributed by atoms with Crippen LogP contribution in [0.1, 0.15) is 46.5 Å². The maximum Gasteiger partial charge on any atom is 0.240 e. The number of carbonyl (C=O) groups is 1. The van der Waals surface area contributed by atoms with E-state index in [1.807, 2.05) is 13.0 Å². The summed E-state index contributed by atoms with van der Waals surface area (Å²) < 4.78 is 5.53. The van der Waals surface area contributed by atoms with E-state index >= 15 is 0 Å². The highest BCUT2D eigenvalue weighted by Crippen LogP contribution is 2.27. The Hall–Kier alpha value is -1.78. The molecular weight excluding hydrogens is 371 g/mol. The molecule has 1 aromatic carbocycles. The topological polar surface area (TPSA) is 50.7 Å². The number of halogens is 2. The van der Waals surface area contributed by atoms with Gasteiger partial charge in [0.2, 0.25) is 5.91 Å². The minimum Gasteiger partial charge on any atom is -0.492 e. The first-order valence-corrected chi connectivity index (χ1v) is 9.33. The molecule has 26 heavy (non-hydrogen) atoms. The highest BCUT2D eigenvalue weighted by Gasteiger charge is 2.03. The standard InChI is InChI=1S/C20H26Cl2N2O2/c1-15(2)6-4-7-16(3)11-12-23-24-20(25)8-5-13-26-19-10-9-17(21)14-18(19)22/h6,9-12,14H,4-5,7-8,13H2,1-3H3,(H,24,25)/b16-11+,23-12+. The van der Waals surface area contributed by atoms with Gasteiger partial charge in [-0.2, -0.15) is 5.10 Å². The Morgan fingerprint density at radius 3 is 2.69 bits per heavy atom. The number of hydrazone groups is 1. The molecule has 0 saturated carbocycles. The highest BCUT2D eigenvalue weighted by atomic mass is 35.5. The van der Waals surface area contributed by atoms with Crippen LogP contribution in [0.25, 0.3) is 0 Å². The zero-order chi connectivity index (χ0) is 19.4. The second-order valence-electron chi connectivity index (χ2n) is 6.17. The first kappa shape index (κ1) is 22.3. The van der Waals surface area contributed by atoms with E-state index < -0.39 is 0 Å². The number of carbonyl (C=O) groups excluding carboxylic acids is 1. The number of allylic oxidation sites excluding steroid dienone is 4. The molecule has 4 nitrogen and oxygen atoms in total. The van der Waals surface area contributed by atoms with Crippen LogP contribution in [0.15, 0.2) is 46.6 Å². The third-order valence-electron chi connectivity index (χ3n) is 3.41. The minimum atomic E-state index is -0.150. The van der Waals surface area contributed by atoms with Gasteiger partial charge in [0.05, 0.1) is 11.6 Å². The van der Waals surface area contributed by atoms with Crippen molar-refractivity contribution in [2.75, 3.05) is 6.61 Å². The van der Waals surface area contributed by atoms with Gasteiger partial charge in [0.25, 0.3) is 0 Å². The summed E-state index contributed by atoms with van der Waals surface area (Å²) in [4.78, 5) is 11.7. The number of amides is 1. The molecule has 6 heteroatoms. The SMILES string of the molecule is CC(C)=CCC/C(C)=C/C=N/NC(=O)CCCOc1ccc(Cl)cc1Cl. The van der Waals surface area contributed by atoms with Crippen molar-refractivity contribution in [3.05, 3.63) is 51.5 Å². The van der Waals surface area contributed by atoms with E-state index in [1.54, 1.807) is 24.4 Å². The fraction of sp³-hybridized carbons (Fsp3) is 0.400. The third-order valence-corrected chi connectivity index (χ3v) is 3.94. The van der Waals surface area contributed by atoms with Crippen molar-refractivity contribution in [1.82, 2.24) is 5.43 Å². The van der Waals surface area contributed by atoms with Gasteiger partial charge < -0.3 is 4.74 Å². The van der Waals surface area contributed by atoms with E-state index in [-0.39, 0.29) is 5.91 Å². The number of hydrogen-bond acceptors (Lipinski definition) is 3. The Bertz CT molecular complexity index is 678. The molecule has 0 atom stereocenters. The Balaban J connectivity index is 2.20. The quantitative estimate of drug-likeness (QED) is 0.230. The molecule has 0 unspecified atom stereocenters. The number of hydrogen-bond donors (Lipinski definition) is 1. The Kier molecular flexibility index (Phi) is 10.7.